The summed E-state index contributed by atoms with van der Waals surface area (Å²) in [6.07, 6.45) is 4.04. The average molecular weight is 261 g/mol. The van der Waals surface area contributed by atoms with E-state index in [4.69, 9.17) is 4.74 Å². The highest BCUT2D eigenvalue weighted by molar-refractivity contribution is 5.33. The van der Waals surface area contributed by atoms with Gasteiger partial charge in [-0.15, -0.1) is 0 Å². The van der Waals surface area contributed by atoms with E-state index in [1.807, 2.05) is 0 Å². The van der Waals surface area contributed by atoms with Gasteiger partial charge in [-0.3, -0.25) is 0 Å². The summed E-state index contributed by atoms with van der Waals surface area (Å²) in [4.78, 5) is 0. The zero-order valence-electron chi connectivity index (χ0n) is 12.7. The summed E-state index contributed by atoms with van der Waals surface area (Å²) in [7, 11) is 0. The van der Waals surface area contributed by atoms with E-state index in [0.717, 1.165) is 18.7 Å². The van der Waals surface area contributed by atoms with Crippen LogP contribution in [0.4, 0.5) is 0 Å². The van der Waals surface area contributed by atoms with Crippen LogP contribution in [0.1, 0.15) is 52.5 Å². The lowest BCUT2D eigenvalue weighted by molar-refractivity contribution is 0.302. The van der Waals surface area contributed by atoms with E-state index in [-0.39, 0.29) is 5.41 Å². The van der Waals surface area contributed by atoms with E-state index in [0.29, 0.717) is 12.1 Å². The number of hydrogen-bond acceptors (Lipinski definition) is 2. The first-order valence-corrected chi connectivity index (χ1v) is 7.48. The topological polar surface area (TPSA) is 21.3 Å². The second-order valence-electron chi connectivity index (χ2n) is 6.59. The first kappa shape index (κ1) is 14.4. The molecule has 0 heterocycles. The van der Waals surface area contributed by atoms with Crippen molar-refractivity contribution >= 4 is 0 Å². The maximum atomic E-state index is 5.89. The zero-order valence-corrected chi connectivity index (χ0v) is 12.7. The van der Waals surface area contributed by atoms with Crippen LogP contribution in [0.15, 0.2) is 24.3 Å². The summed E-state index contributed by atoms with van der Waals surface area (Å²) in [6.45, 7) is 10.1. The largest absolute Gasteiger partial charge is 0.490 e. The first-order chi connectivity index (χ1) is 8.97. The number of rotatable bonds is 7. The third-order valence-electron chi connectivity index (χ3n) is 3.75. The Morgan fingerprint density at radius 2 is 2.05 bits per heavy atom. The highest BCUT2D eigenvalue weighted by atomic mass is 16.5. The molecular formula is C17H27NO. The summed E-state index contributed by atoms with van der Waals surface area (Å²) < 4.78 is 5.89. The van der Waals surface area contributed by atoms with Gasteiger partial charge < -0.3 is 10.1 Å². The van der Waals surface area contributed by atoms with Gasteiger partial charge in [0.05, 0.1) is 6.10 Å². The molecule has 0 atom stereocenters. The molecule has 1 aromatic rings. The average Bonchev–Trinajstić information content (AvgIpc) is 3.12. The lowest BCUT2D eigenvalue weighted by atomic mass is 9.81. The van der Waals surface area contributed by atoms with E-state index < -0.39 is 0 Å². The molecular weight excluding hydrogens is 234 g/mol. The molecule has 0 aliphatic heterocycles. The van der Waals surface area contributed by atoms with Gasteiger partial charge in [-0.05, 0) is 48.9 Å². The predicted octanol–water partition coefficient (Wildman–Crippen LogP) is 3.89. The van der Waals surface area contributed by atoms with Crippen molar-refractivity contribution < 1.29 is 4.74 Å². The number of benzene rings is 1. The summed E-state index contributed by atoms with van der Waals surface area (Å²) in [5.41, 5.74) is 1.56. The molecule has 1 N–H and O–H groups in total. The van der Waals surface area contributed by atoms with Crippen molar-refractivity contribution in [3.8, 4) is 5.75 Å². The van der Waals surface area contributed by atoms with Gasteiger partial charge >= 0.3 is 0 Å². The van der Waals surface area contributed by atoms with Gasteiger partial charge in [-0.2, -0.15) is 0 Å². The number of hydrogen-bond donors (Lipinski definition) is 1. The molecule has 1 aliphatic rings. The lowest BCUT2D eigenvalue weighted by Gasteiger charge is -2.26. The molecule has 0 bridgehead atoms. The van der Waals surface area contributed by atoms with E-state index in [9.17, 15) is 0 Å². The van der Waals surface area contributed by atoms with Gasteiger partial charge in [0.25, 0.3) is 0 Å². The van der Waals surface area contributed by atoms with Crippen LogP contribution in [0.25, 0.3) is 0 Å². The predicted molar refractivity (Wildman–Crippen MR) is 80.9 cm³/mol. The van der Waals surface area contributed by atoms with Gasteiger partial charge in [0.1, 0.15) is 5.75 Å². The molecule has 0 spiro atoms. The Kier molecular flexibility index (Phi) is 4.51. The van der Waals surface area contributed by atoms with Crippen LogP contribution in [-0.2, 0) is 5.41 Å². The molecule has 0 radical (unpaired) electrons. The van der Waals surface area contributed by atoms with E-state index in [1.54, 1.807) is 0 Å². The fourth-order valence-corrected chi connectivity index (χ4v) is 2.19. The van der Waals surface area contributed by atoms with E-state index in [1.165, 1.54) is 18.4 Å². The number of ether oxygens (including phenoxy) is 1. The molecule has 0 unspecified atom stereocenters. The number of nitrogens with one attached hydrogen (secondary N) is 1. The summed E-state index contributed by atoms with van der Waals surface area (Å²) in [6, 6.07) is 9.18. The molecule has 1 aliphatic carbocycles. The molecule has 2 rings (SSSR count). The smallest absolute Gasteiger partial charge is 0.120 e. The third-order valence-corrected chi connectivity index (χ3v) is 3.75. The Balaban J connectivity index is 1.97. The van der Waals surface area contributed by atoms with Crippen molar-refractivity contribution in [2.45, 2.75) is 64.5 Å². The minimum atomic E-state index is 0.185. The van der Waals surface area contributed by atoms with Gasteiger partial charge in [-0.25, -0.2) is 0 Å². The minimum absolute atomic E-state index is 0.185. The highest BCUT2D eigenvalue weighted by Gasteiger charge is 2.25. The fraction of sp³-hybridized carbons (Fsp3) is 0.647. The van der Waals surface area contributed by atoms with Crippen LogP contribution in [0, 0.1) is 0 Å². The Morgan fingerprint density at radius 3 is 2.68 bits per heavy atom. The van der Waals surface area contributed by atoms with Crippen molar-refractivity contribution in [3.63, 3.8) is 0 Å². The van der Waals surface area contributed by atoms with Crippen LogP contribution in [0.3, 0.4) is 0 Å². The Labute approximate surface area is 117 Å². The molecule has 2 heteroatoms. The van der Waals surface area contributed by atoms with E-state index in [2.05, 4.69) is 57.3 Å². The van der Waals surface area contributed by atoms with Crippen LogP contribution in [-0.4, -0.2) is 18.7 Å². The van der Waals surface area contributed by atoms with Gasteiger partial charge in [0, 0.05) is 6.04 Å². The van der Waals surface area contributed by atoms with Crippen molar-refractivity contribution in [2.24, 2.45) is 0 Å². The van der Waals surface area contributed by atoms with Crippen molar-refractivity contribution in [1.82, 2.24) is 5.32 Å². The lowest BCUT2D eigenvalue weighted by Crippen LogP contribution is -2.29. The third kappa shape index (κ3) is 4.54. The van der Waals surface area contributed by atoms with Gasteiger partial charge in [0.2, 0.25) is 0 Å². The SMILES string of the molecule is CC(C)NCCC(C)(C)c1cccc(OC2CC2)c1. The van der Waals surface area contributed by atoms with Crippen LogP contribution in [0.5, 0.6) is 5.75 Å². The summed E-state index contributed by atoms with van der Waals surface area (Å²) in [5.74, 6) is 1.03. The van der Waals surface area contributed by atoms with Crippen molar-refractivity contribution in [3.05, 3.63) is 29.8 Å². The molecule has 1 fully saturated rings. The standard InChI is InChI=1S/C17H27NO/c1-13(2)18-11-10-17(3,4)14-6-5-7-16(12-14)19-15-8-9-15/h5-7,12-13,15,18H,8-11H2,1-4H3. The molecule has 19 heavy (non-hydrogen) atoms. The second-order valence-corrected chi connectivity index (χ2v) is 6.59. The van der Waals surface area contributed by atoms with Gasteiger partial charge in [-0.1, -0.05) is 39.8 Å². The second kappa shape index (κ2) is 5.96. The molecule has 1 aromatic carbocycles. The van der Waals surface area contributed by atoms with Crippen LogP contribution < -0.4 is 10.1 Å². The zero-order chi connectivity index (χ0) is 13.9. The Bertz CT molecular complexity index is 407. The van der Waals surface area contributed by atoms with Crippen LogP contribution >= 0.6 is 0 Å². The van der Waals surface area contributed by atoms with E-state index >= 15 is 0 Å². The van der Waals surface area contributed by atoms with Crippen molar-refractivity contribution in [1.29, 1.82) is 0 Å². The summed E-state index contributed by atoms with van der Waals surface area (Å²) >= 11 is 0. The first-order valence-electron chi connectivity index (χ1n) is 7.48. The molecule has 2 nitrogen and oxygen atoms in total. The minimum Gasteiger partial charge on any atom is -0.490 e. The molecule has 0 amide bonds. The molecule has 0 aromatic heterocycles. The van der Waals surface area contributed by atoms with Crippen molar-refractivity contribution in [2.75, 3.05) is 6.54 Å². The Morgan fingerprint density at radius 1 is 1.32 bits per heavy atom. The fourth-order valence-electron chi connectivity index (χ4n) is 2.19. The monoisotopic (exact) mass is 261 g/mol. The normalized spacial score (nSPS) is 15.8. The quantitative estimate of drug-likeness (QED) is 0.804. The molecule has 106 valence electrons. The molecule has 0 saturated heterocycles. The highest BCUT2D eigenvalue weighted by Crippen LogP contribution is 2.32. The summed E-state index contributed by atoms with van der Waals surface area (Å²) in [5, 5.41) is 3.50. The van der Waals surface area contributed by atoms with Crippen LogP contribution in [0.2, 0.25) is 0 Å². The maximum absolute atomic E-state index is 5.89. The Hall–Kier alpha value is -1.02. The molecule has 1 saturated carbocycles. The van der Waals surface area contributed by atoms with Gasteiger partial charge in [0.15, 0.2) is 0 Å². The maximum Gasteiger partial charge on any atom is 0.120 e.